The highest BCUT2D eigenvalue weighted by molar-refractivity contribution is 5.93. The van der Waals surface area contributed by atoms with Crippen LogP contribution >= 0.6 is 0 Å². The zero-order chi connectivity index (χ0) is 35.1. The van der Waals surface area contributed by atoms with E-state index < -0.39 is 42.3 Å². The first-order valence-corrected chi connectivity index (χ1v) is 14.7. The van der Waals surface area contributed by atoms with Gasteiger partial charge in [-0.3, -0.25) is 0 Å². The average Bonchev–Trinajstić information content (AvgIpc) is 3.36. The van der Waals surface area contributed by atoms with Crippen molar-refractivity contribution in [2.75, 3.05) is 13.6 Å². The molecule has 4 aromatic carbocycles. The van der Waals surface area contributed by atoms with Gasteiger partial charge in [0.25, 0.3) is 0 Å². The minimum absolute atomic E-state index is 0.0376. The van der Waals surface area contributed by atoms with Gasteiger partial charge in [0.05, 0.1) is 17.7 Å². The summed E-state index contributed by atoms with van der Waals surface area (Å²) in [6.45, 7) is 7.59. The van der Waals surface area contributed by atoms with Crippen LogP contribution in [0.4, 0.5) is 8.78 Å². The standard InChI is InChI=1S/C37H28F2O10/c1-4-34(40)46-19-44-18-22-6-10-28(32(38)14-22)36(42)48-24-8-11-26-27-12-9-25(16-31(27)21(3)30(26)15-24)49-37(43)29-13-7-23(17-33(29)39)45-20-47-35(41)5-2/h4-17,21H,1-2,18-20H2,3H3. The first-order valence-electron chi connectivity index (χ1n) is 14.7. The topological polar surface area (TPSA) is 124 Å². The molecule has 0 N–H and O–H groups in total. The third-order valence-corrected chi connectivity index (χ3v) is 7.42. The molecular formula is C37H28F2O10. The lowest BCUT2D eigenvalue weighted by atomic mass is 9.99. The Hall–Kier alpha value is -6.14. The fraction of sp³-hybridized carbons (Fsp3) is 0.135. The molecule has 49 heavy (non-hydrogen) atoms. The quantitative estimate of drug-likeness (QED) is 0.0493. The second-order valence-electron chi connectivity index (χ2n) is 10.5. The number of carbonyl (C=O) groups excluding carboxylic acids is 4. The van der Waals surface area contributed by atoms with Crippen LogP contribution in [0.3, 0.4) is 0 Å². The summed E-state index contributed by atoms with van der Waals surface area (Å²) in [7, 11) is 0. The maximum Gasteiger partial charge on any atom is 0.346 e. The van der Waals surface area contributed by atoms with Gasteiger partial charge in [0, 0.05) is 24.1 Å². The summed E-state index contributed by atoms with van der Waals surface area (Å²) in [6.07, 6.45) is 1.94. The van der Waals surface area contributed by atoms with Crippen molar-refractivity contribution in [2.45, 2.75) is 19.4 Å². The van der Waals surface area contributed by atoms with Crippen LogP contribution in [-0.4, -0.2) is 37.5 Å². The average molecular weight is 671 g/mol. The van der Waals surface area contributed by atoms with Crippen LogP contribution in [0.15, 0.2) is 98.1 Å². The van der Waals surface area contributed by atoms with Crippen molar-refractivity contribution in [1.82, 2.24) is 0 Å². The fourth-order valence-corrected chi connectivity index (χ4v) is 5.01. The van der Waals surface area contributed by atoms with Crippen molar-refractivity contribution in [3.8, 4) is 28.4 Å². The molecule has 0 fully saturated rings. The Kier molecular flexibility index (Phi) is 10.6. The Morgan fingerprint density at radius 2 is 1.18 bits per heavy atom. The minimum Gasteiger partial charge on any atom is -0.457 e. The molecule has 250 valence electrons. The number of halogens is 2. The highest BCUT2D eigenvalue weighted by atomic mass is 19.1. The number of ether oxygens (including phenoxy) is 6. The Morgan fingerprint density at radius 1 is 0.673 bits per heavy atom. The minimum atomic E-state index is -0.929. The second-order valence-corrected chi connectivity index (χ2v) is 10.5. The summed E-state index contributed by atoms with van der Waals surface area (Å²) in [5, 5.41) is 0. The van der Waals surface area contributed by atoms with Crippen molar-refractivity contribution in [1.29, 1.82) is 0 Å². The van der Waals surface area contributed by atoms with E-state index in [2.05, 4.69) is 17.9 Å². The van der Waals surface area contributed by atoms with Gasteiger partial charge in [-0.05, 0) is 76.3 Å². The lowest BCUT2D eigenvalue weighted by molar-refractivity contribution is -0.151. The van der Waals surface area contributed by atoms with Gasteiger partial charge < -0.3 is 28.4 Å². The van der Waals surface area contributed by atoms with Crippen LogP contribution in [0, 0.1) is 11.6 Å². The summed E-state index contributed by atoms with van der Waals surface area (Å²) in [6, 6.07) is 17.5. The Bertz CT molecular complexity index is 1970. The monoisotopic (exact) mass is 670 g/mol. The number of fused-ring (bicyclic) bond motifs is 3. The summed E-state index contributed by atoms with van der Waals surface area (Å²) in [5.74, 6) is -4.67. The summed E-state index contributed by atoms with van der Waals surface area (Å²) >= 11 is 0. The van der Waals surface area contributed by atoms with Crippen molar-refractivity contribution in [3.05, 3.63) is 138 Å². The third kappa shape index (κ3) is 8.06. The molecular weight excluding hydrogens is 642 g/mol. The van der Waals surface area contributed by atoms with Crippen LogP contribution in [0.5, 0.6) is 17.2 Å². The Labute approximate surface area is 279 Å². The third-order valence-electron chi connectivity index (χ3n) is 7.42. The SMILES string of the molecule is C=CC(=O)OCOCc1ccc(C(=O)Oc2ccc3c(c2)C(C)c2cc(OC(=O)c4ccc(OCOC(=O)C=C)cc4F)ccc2-3)c(F)c1. The number of esters is 4. The molecule has 1 atom stereocenters. The van der Waals surface area contributed by atoms with E-state index >= 15 is 0 Å². The van der Waals surface area contributed by atoms with Gasteiger partial charge in [0.1, 0.15) is 28.9 Å². The van der Waals surface area contributed by atoms with Gasteiger partial charge >= 0.3 is 23.9 Å². The number of hydrogen-bond acceptors (Lipinski definition) is 10. The van der Waals surface area contributed by atoms with Crippen molar-refractivity contribution in [2.24, 2.45) is 0 Å². The lowest BCUT2D eigenvalue weighted by Gasteiger charge is -2.11. The van der Waals surface area contributed by atoms with Crippen LogP contribution < -0.4 is 14.2 Å². The molecule has 0 heterocycles. The van der Waals surface area contributed by atoms with Gasteiger partial charge in [-0.15, -0.1) is 0 Å². The zero-order valence-electron chi connectivity index (χ0n) is 26.0. The molecule has 12 heteroatoms. The number of benzene rings is 4. The molecule has 0 bridgehead atoms. The summed E-state index contributed by atoms with van der Waals surface area (Å²) in [5.41, 5.74) is 3.20. The lowest BCUT2D eigenvalue weighted by Crippen LogP contribution is -2.12. The zero-order valence-corrected chi connectivity index (χ0v) is 26.0. The summed E-state index contributed by atoms with van der Waals surface area (Å²) in [4.78, 5) is 47.8. The van der Waals surface area contributed by atoms with E-state index in [1.54, 1.807) is 36.4 Å². The second kappa shape index (κ2) is 15.2. The van der Waals surface area contributed by atoms with E-state index in [-0.39, 0.29) is 47.7 Å². The molecule has 1 aliphatic rings. The van der Waals surface area contributed by atoms with Gasteiger partial charge in [-0.1, -0.05) is 38.3 Å². The number of carbonyl (C=O) groups is 4. The largest absolute Gasteiger partial charge is 0.457 e. The predicted octanol–water partition coefficient (Wildman–Crippen LogP) is 6.80. The van der Waals surface area contributed by atoms with Gasteiger partial charge in [-0.25, -0.2) is 28.0 Å². The molecule has 4 aromatic rings. The Morgan fingerprint density at radius 3 is 1.71 bits per heavy atom. The van der Waals surface area contributed by atoms with E-state index in [1.165, 1.54) is 24.3 Å². The molecule has 0 saturated carbocycles. The van der Waals surface area contributed by atoms with E-state index in [0.717, 1.165) is 46.5 Å². The highest BCUT2D eigenvalue weighted by Crippen LogP contribution is 2.47. The highest BCUT2D eigenvalue weighted by Gasteiger charge is 2.28. The number of hydrogen-bond donors (Lipinski definition) is 0. The normalized spacial score (nSPS) is 12.6. The van der Waals surface area contributed by atoms with E-state index in [0.29, 0.717) is 5.56 Å². The van der Waals surface area contributed by atoms with Gasteiger partial charge in [0.2, 0.25) is 6.79 Å². The maximum atomic E-state index is 14.8. The smallest absolute Gasteiger partial charge is 0.346 e. The van der Waals surface area contributed by atoms with Crippen molar-refractivity contribution in [3.63, 3.8) is 0 Å². The molecule has 0 aliphatic heterocycles. The summed E-state index contributed by atoms with van der Waals surface area (Å²) < 4.78 is 60.1. The molecule has 10 nitrogen and oxygen atoms in total. The fourth-order valence-electron chi connectivity index (χ4n) is 5.01. The molecule has 0 saturated heterocycles. The van der Waals surface area contributed by atoms with Gasteiger partial charge in [-0.2, -0.15) is 0 Å². The van der Waals surface area contributed by atoms with Crippen LogP contribution in [-0.2, 0) is 30.4 Å². The van der Waals surface area contributed by atoms with E-state index in [1.807, 2.05) is 6.92 Å². The molecule has 0 amide bonds. The first kappa shape index (κ1) is 34.2. The molecule has 0 aromatic heterocycles. The molecule has 0 radical (unpaired) electrons. The molecule has 1 aliphatic carbocycles. The van der Waals surface area contributed by atoms with Crippen LogP contribution in [0.2, 0.25) is 0 Å². The van der Waals surface area contributed by atoms with Crippen LogP contribution in [0.25, 0.3) is 11.1 Å². The van der Waals surface area contributed by atoms with E-state index in [4.69, 9.17) is 23.7 Å². The first-order chi connectivity index (χ1) is 23.6. The van der Waals surface area contributed by atoms with Gasteiger partial charge in [0.15, 0.2) is 6.79 Å². The maximum absolute atomic E-state index is 14.8. The molecule has 5 rings (SSSR count). The predicted molar refractivity (Wildman–Crippen MR) is 170 cm³/mol. The Balaban J connectivity index is 1.21. The van der Waals surface area contributed by atoms with Crippen molar-refractivity contribution < 1.29 is 56.4 Å². The van der Waals surface area contributed by atoms with E-state index in [9.17, 15) is 28.0 Å². The van der Waals surface area contributed by atoms with Crippen molar-refractivity contribution >= 4 is 23.9 Å². The molecule has 1 unspecified atom stereocenters. The molecule has 0 spiro atoms. The van der Waals surface area contributed by atoms with Crippen LogP contribution in [0.1, 0.15) is 50.2 Å². The number of rotatable bonds is 13.